The maximum atomic E-state index is 12.6. The average molecular weight is 404 g/mol. The van der Waals surface area contributed by atoms with Crippen LogP contribution < -0.4 is 5.32 Å². The van der Waals surface area contributed by atoms with Gasteiger partial charge in [-0.3, -0.25) is 19.5 Å². The minimum absolute atomic E-state index is 0.0942. The second kappa shape index (κ2) is 8.66. The van der Waals surface area contributed by atoms with E-state index in [4.69, 9.17) is 12.2 Å². The van der Waals surface area contributed by atoms with Crippen LogP contribution in [0, 0.1) is 0 Å². The summed E-state index contributed by atoms with van der Waals surface area (Å²) in [5, 5.41) is 3.32. The quantitative estimate of drug-likeness (QED) is 0.618. The molecule has 1 aromatic carbocycles. The first-order valence-corrected chi connectivity index (χ1v) is 10.2. The second-order valence-corrected chi connectivity index (χ2v) is 8.41. The lowest BCUT2D eigenvalue weighted by molar-refractivity contribution is -0.128. The van der Waals surface area contributed by atoms with E-state index in [1.807, 2.05) is 43.3 Å². The first-order chi connectivity index (χ1) is 12.5. The molecule has 26 heavy (non-hydrogen) atoms. The van der Waals surface area contributed by atoms with Gasteiger partial charge in [0.2, 0.25) is 5.91 Å². The molecule has 0 bridgehead atoms. The van der Waals surface area contributed by atoms with Crippen molar-refractivity contribution in [2.24, 2.45) is 4.99 Å². The summed E-state index contributed by atoms with van der Waals surface area (Å²) in [6.45, 7) is 2.54. The van der Waals surface area contributed by atoms with Crippen LogP contribution in [0.15, 0.2) is 51.9 Å². The molecule has 1 N–H and O–H groups in total. The third-order valence-corrected chi connectivity index (χ3v) is 5.83. The fraction of sp³-hybridized carbons (Fsp3) is 0.222. The third kappa shape index (κ3) is 4.84. The van der Waals surface area contributed by atoms with Gasteiger partial charge in [0.05, 0.1) is 11.4 Å². The highest BCUT2D eigenvalue weighted by atomic mass is 32.2. The monoisotopic (exact) mass is 403 g/mol. The highest BCUT2D eigenvalue weighted by Gasteiger charge is 2.33. The van der Waals surface area contributed by atoms with Crippen LogP contribution in [-0.4, -0.2) is 45.0 Å². The number of benzene rings is 1. The zero-order chi connectivity index (χ0) is 18.5. The molecule has 1 saturated heterocycles. The second-order valence-electron chi connectivity index (χ2n) is 5.65. The van der Waals surface area contributed by atoms with Gasteiger partial charge in [0, 0.05) is 5.75 Å². The van der Waals surface area contributed by atoms with Crippen LogP contribution >= 0.6 is 35.7 Å². The maximum absolute atomic E-state index is 12.6. The summed E-state index contributed by atoms with van der Waals surface area (Å²) in [7, 11) is 0. The number of hydrogen-bond donors (Lipinski definition) is 1. The summed E-state index contributed by atoms with van der Waals surface area (Å²) >= 11 is 7.99. The molecule has 2 aliphatic heterocycles. The number of allylic oxidation sites excluding steroid dienone is 2. The van der Waals surface area contributed by atoms with Crippen molar-refractivity contribution in [2.75, 3.05) is 18.8 Å². The number of nitrogens with one attached hydrogen (secondary N) is 1. The number of hydrogen-bond acceptors (Lipinski definition) is 6. The number of carbonyl (C=O) groups is 2. The summed E-state index contributed by atoms with van der Waals surface area (Å²) in [6.07, 6.45) is 3.80. The van der Waals surface area contributed by atoms with Crippen molar-refractivity contribution in [3.63, 3.8) is 0 Å². The molecule has 5 nitrogen and oxygen atoms in total. The first kappa shape index (κ1) is 18.9. The van der Waals surface area contributed by atoms with E-state index in [1.54, 1.807) is 6.08 Å². The molecule has 2 amide bonds. The van der Waals surface area contributed by atoms with E-state index in [1.165, 1.54) is 28.4 Å². The van der Waals surface area contributed by atoms with Crippen molar-refractivity contribution in [1.82, 2.24) is 10.2 Å². The molecule has 3 rings (SSSR count). The standard InChI is InChI=1S/C18H17N3O2S3/c1-12(9-13-5-3-2-4-6-13)10-14-16(23)21(18(24)26-14)11-15(22)20-17-19-7-8-25-17/h2-6,9-10H,7-8,11H2,1H3,(H,19,20,22). The van der Waals surface area contributed by atoms with Crippen molar-refractivity contribution >= 4 is 63.1 Å². The van der Waals surface area contributed by atoms with E-state index in [2.05, 4.69) is 10.3 Å². The molecular formula is C18H17N3O2S3. The van der Waals surface area contributed by atoms with Crippen LogP contribution in [0.3, 0.4) is 0 Å². The highest BCUT2D eigenvalue weighted by Crippen LogP contribution is 2.31. The Morgan fingerprint density at radius 2 is 2.15 bits per heavy atom. The molecule has 0 unspecified atom stereocenters. The molecule has 0 aromatic heterocycles. The van der Waals surface area contributed by atoms with Crippen LogP contribution in [0.2, 0.25) is 0 Å². The van der Waals surface area contributed by atoms with Gasteiger partial charge in [-0.15, -0.1) is 0 Å². The van der Waals surface area contributed by atoms with Crippen molar-refractivity contribution in [1.29, 1.82) is 0 Å². The molecular weight excluding hydrogens is 386 g/mol. The van der Waals surface area contributed by atoms with Gasteiger partial charge in [-0.2, -0.15) is 0 Å². The van der Waals surface area contributed by atoms with E-state index in [-0.39, 0.29) is 18.4 Å². The van der Waals surface area contributed by atoms with Crippen LogP contribution in [0.4, 0.5) is 0 Å². The van der Waals surface area contributed by atoms with Crippen molar-refractivity contribution < 1.29 is 9.59 Å². The van der Waals surface area contributed by atoms with Crippen molar-refractivity contribution in [2.45, 2.75) is 6.92 Å². The van der Waals surface area contributed by atoms with E-state index < -0.39 is 0 Å². The predicted molar refractivity (Wildman–Crippen MR) is 113 cm³/mol. The number of aliphatic imine (C=N–C) groups is 1. The van der Waals surface area contributed by atoms with Crippen LogP contribution in [0.25, 0.3) is 6.08 Å². The maximum Gasteiger partial charge on any atom is 0.266 e. The molecule has 0 radical (unpaired) electrons. The number of amides is 2. The zero-order valence-electron chi connectivity index (χ0n) is 14.1. The number of rotatable bonds is 4. The number of carbonyl (C=O) groups excluding carboxylic acids is 2. The van der Waals surface area contributed by atoms with Crippen LogP contribution in [0.1, 0.15) is 12.5 Å². The Morgan fingerprint density at radius 1 is 1.38 bits per heavy atom. The Balaban J connectivity index is 1.66. The molecule has 1 fully saturated rings. The number of thiocarbonyl (C=S) groups is 1. The molecule has 134 valence electrons. The Labute approximate surface area is 166 Å². The minimum atomic E-state index is -0.285. The predicted octanol–water partition coefficient (Wildman–Crippen LogP) is 3.05. The van der Waals surface area contributed by atoms with Gasteiger partial charge < -0.3 is 5.32 Å². The van der Waals surface area contributed by atoms with Crippen LogP contribution in [-0.2, 0) is 9.59 Å². The third-order valence-electron chi connectivity index (χ3n) is 3.56. The summed E-state index contributed by atoms with van der Waals surface area (Å²) in [5.41, 5.74) is 2.00. The number of nitrogens with zero attached hydrogens (tertiary/aromatic N) is 2. The molecule has 2 aliphatic rings. The SMILES string of the molecule is CC(=Cc1ccccc1)C=C1SC(=S)N(CC(=O)NC2=NCCS2)C1=O. The molecule has 0 spiro atoms. The van der Waals surface area contributed by atoms with Crippen LogP contribution in [0.5, 0.6) is 0 Å². The molecule has 1 aromatic rings. The van der Waals surface area contributed by atoms with Gasteiger partial charge in [0.25, 0.3) is 5.91 Å². The zero-order valence-corrected chi connectivity index (χ0v) is 16.5. The Bertz CT molecular complexity index is 831. The minimum Gasteiger partial charge on any atom is -0.304 e. The first-order valence-electron chi connectivity index (χ1n) is 7.99. The highest BCUT2D eigenvalue weighted by molar-refractivity contribution is 8.26. The van der Waals surface area contributed by atoms with Gasteiger partial charge >= 0.3 is 0 Å². The van der Waals surface area contributed by atoms with Crippen molar-refractivity contribution in [3.8, 4) is 0 Å². The summed E-state index contributed by atoms with van der Waals surface area (Å²) in [6, 6.07) is 9.88. The molecule has 0 saturated carbocycles. The summed E-state index contributed by atoms with van der Waals surface area (Å²) in [5.74, 6) is 0.344. The van der Waals surface area contributed by atoms with E-state index in [0.29, 0.717) is 20.9 Å². The smallest absolute Gasteiger partial charge is 0.266 e. The summed E-state index contributed by atoms with van der Waals surface area (Å²) in [4.78, 5) is 30.7. The Hall–Kier alpha value is -1.90. The van der Waals surface area contributed by atoms with Gasteiger partial charge in [0.15, 0.2) is 5.17 Å². The van der Waals surface area contributed by atoms with E-state index in [9.17, 15) is 9.59 Å². The molecule has 2 heterocycles. The number of thioether (sulfide) groups is 2. The average Bonchev–Trinajstić information content (AvgIpc) is 3.20. The van der Waals surface area contributed by atoms with E-state index in [0.717, 1.165) is 16.9 Å². The normalized spacial score (nSPS) is 19.3. The lowest BCUT2D eigenvalue weighted by atomic mass is 10.1. The van der Waals surface area contributed by atoms with E-state index >= 15 is 0 Å². The van der Waals surface area contributed by atoms with Gasteiger partial charge in [-0.25, -0.2) is 0 Å². The van der Waals surface area contributed by atoms with Crippen molar-refractivity contribution in [3.05, 3.63) is 52.4 Å². The number of amidine groups is 1. The van der Waals surface area contributed by atoms with Gasteiger partial charge in [0.1, 0.15) is 10.9 Å². The topological polar surface area (TPSA) is 61.8 Å². The molecule has 0 aliphatic carbocycles. The van der Waals surface area contributed by atoms with Gasteiger partial charge in [-0.1, -0.05) is 72.1 Å². The fourth-order valence-electron chi connectivity index (χ4n) is 2.41. The Morgan fingerprint density at radius 3 is 2.85 bits per heavy atom. The largest absolute Gasteiger partial charge is 0.304 e. The lowest BCUT2D eigenvalue weighted by Gasteiger charge is -2.13. The Kier molecular flexibility index (Phi) is 6.29. The summed E-state index contributed by atoms with van der Waals surface area (Å²) < 4.78 is 0.393. The lowest BCUT2D eigenvalue weighted by Crippen LogP contribution is -2.40. The molecule has 0 atom stereocenters. The van der Waals surface area contributed by atoms with Gasteiger partial charge in [-0.05, 0) is 24.1 Å². The fourth-order valence-corrected chi connectivity index (χ4v) is 4.46. The molecule has 8 heteroatoms.